The predicted octanol–water partition coefficient (Wildman–Crippen LogP) is 3.72. The predicted molar refractivity (Wildman–Crippen MR) is 107 cm³/mol. The number of aliphatic carboxylic acids is 1. The number of amides is 1. The maximum absolute atomic E-state index is 13.0. The van der Waals surface area contributed by atoms with Gasteiger partial charge in [0.15, 0.2) is 5.65 Å². The fourth-order valence-electron chi connectivity index (χ4n) is 3.28. The lowest BCUT2D eigenvalue weighted by Gasteiger charge is -2.15. The van der Waals surface area contributed by atoms with Crippen LogP contribution < -0.4 is 5.32 Å². The van der Waals surface area contributed by atoms with E-state index in [9.17, 15) is 14.7 Å². The summed E-state index contributed by atoms with van der Waals surface area (Å²) in [4.78, 5) is 30.3. The van der Waals surface area contributed by atoms with Crippen molar-refractivity contribution in [3.63, 3.8) is 0 Å². The zero-order valence-corrected chi connectivity index (χ0v) is 16.6. The van der Waals surface area contributed by atoms with Gasteiger partial charge in [-0.05, 0) is 43.7 Å². The summed E-state index contributed by atoms with van der Waals surface area (Å²) in [5.41, 5.74) is 1.71. The summed E-state index contributed by atoms with van der Waals surface area (Å²) in [7, 11) is 0. The molecule has 8 heteroatoms. The largest absolute Gasteiger partial charge is 0.480 e. The lowest BCUT2D eigenvalue weighted by Crippen LogP contribution is -2.41. The van der Waals surface area contributed by atoms with E-state index in [-0.39, 0.29) is 6.04 Å². The van der Waals surface area contributed by atoms with E-state index >= 15 is 0 Å². The Morgan fingerprint density at radius 1 is 1.39 bits per heavy atom. The molecule has 0 spiro atoms. The molecule has 7 nitrogen and oxygen atoms in total. The number of hydrogen-bond acceptors (Lipinski definition) is 5. The van der Waals surface area contributed by atoms with Crippen LogP contribution in [-0.4, -0.2) is 37.8 Å². The van der Waals surface area contributed by atoms with Crippen LogP contribution in [0.4, 0.5) is 0 Å². The SMILES string of the molecule is CC(C)n1ncc2c(C(=O)NC(CC3CC3)C(=O)O)cc(-c3cccs3)nc21. The number of carboxylic acid groups (broad SMARTS) is 1. The van der Waals surface area contributed by atoms with Gasteiger partial charge in [-0.15, -0.1) is 11.3 Å². The maximum Gasteiger partial charge on any atom is 0.326 e. The van der Waals surface area contributed by atoms with Crippen molar-refractivity contribution in [2.75, 3.05) is 0 Å². The van der Waals surface area contributed by atoms with Crippen LogP contribution in [0.15, 0.2) is 29.8 Å². The summed E-state index contributed by atoms with van der Waals surface area (Å²) in [6.07, 6.45) is 4.16. The van der Waals surface area contributed by atoms with Crippen molar-refractivity contribution in [2.45, 2.75) is 45.2 Å². The van der Waals surface area contributed by atoms with Crippen molar-refractivity contribution in [3.05, 3.63) is 35.3 Å². The zero-order chi connectivity index (χ0) is 19.8. The Hall–Kier alpha value is -2.74. The van der Waals surface area contributed by atoms with Crippen molar-refractivity contribution in [3.8, 4) is 10.6 Å². The van der Waals surface area contributed by atoms with Crippen LogP contribution in [0.1, 0.15) is 49.5 Å². The fourth-order valence-corrected chi connectivity index (χ4v) is 3.96. The second kappa shape index (κ2) is 7.35. The molecule has 1 saturated carbocycles. The molecule has 3 aromatic rings. The first kappa shape index (κ1) is 18.6. The summed E-state index contributed by atoms with van der Waals surface area (Å²) in [5.74, 6) is -1.01. The van der Waals surface area contributed by atoms with Gasteiger partial charge in [-0.2, -0.15) is 5.10 Å². The van der Waals surface area contributed by atoms with Gasteiger partial charge in [0.1, 0.15) is 6.04 Å². The summed E-state index contributed by atoms with van der Waals surface area (Å²) in [6.45, 7) is 4.00. The van der Waals surface area contributed by atoms with Crippen LogP contribution in [0.25, 0.3) is 21.6 Å². The topological polar surface area (TPSA) is 97.1 Å². The average Bonchev–Trinajstić information content (AvgIpc) is 3.14. The third-order valence-corrected chi connectivity index (χ3v) is 5.84. The van der Waals surface area contributed by atoms with Crippen molar-refractivity contribution < 1.29 is 14.7 Å². The molecule has 0 aromatic carbocycles. The molecular formula is C20H22N4O3S. The van der Waals surface area contributed by atoms with E-state index in [1.54, 1.807) is 16.9 Å². The molecule has 146 valence electrons. The highest BCUT2D eigenvalue weighted by Gasteiger charge is 2.31. The Balaban J connectivity index is 1.75. The number of carboxylic acids is 1. The van der Waals surface area contributed by atoms with E-state index in [2.05, 4.69) is 10.4 Å². The van der Waals surface area contributed by atoms with Crippen LogP contribution in [0.3, 0.4) is 0 Å². The fraction of sp³-hybridized carbons (Fsp3) is 0.400. The van der Waals surface area contributed by atoms with Gasteiger partial charge in [-0.1, -0.05) is 18.9 Å². The highest BCUT2D eigenvalue weighted by atomic mass is 32.1. The molecule has 1 unspecified atom stereocenters. The first-order valence-corrected chi connectivity index (χ1v) is 10.3. The average molecular weight is 398 g/mol. The molecule has 28 heavy (non-hydrogen) atoms. The molecule has 1 aliphatic carbocycles. The first-order valence-electron chi connectivity index (χ1n) is 9.40. The zero-order valence-electron chi connectivity index (χ0n) is 15.8. The number of carbonyl (C=O) groups is 2. The van der Waals surface area contributed by atoms with Gasteiger partial charge in [0.05, 0.1) is 27.7 Å². The minimum atomic E-state index is -0.998. The molecule has 2 N–H and O–H groups in total. The maximum atomic E-state index is 13.0. The summed E-state index contributed by atoms with van der Waals surface area (Å²) in [6, 6.07) is 4.81. The summed E-state index contributed by atoms with van der Waals surface area (Å²) in [5, 5.41) is 19.2. The van der Waals surface area contributed by atoms with Gasteiger partial charge in [-0.25, -0.2) is 14.5 Å². The van der Waals surface area contributed by atoms with Crippen molar-refractivity contribution in [2.24, 2.45) is 5.92 Å². The van der Waals surface area contributed by atoms with Crippen molar-refractivity contribution >= 4 is 34.2 Å². The third-order valence-electron chi connectivity index (χ3n) is 4.94. The number of nitrogens with zero attached hydrogens (tertiary/aromatic N) is 3. The quantitative estimate of drug-likeness (QED) is 0.632. The lowest BCUT2D eigenvalue weighted by atomic mass is 10.1. The highest BCUT2D eigenvalue weighted by Crippen LogP contribution is 2.34. The molecule has 0 bridgehead atoms. The summed E-state index contributed by atoms with van der Waals surface area (Å²) >= 11 is 1.54. The Morgan fingerprint density at radius 3 is 2.79 bits per heavy atom. The molecule has 1 aliphatic rings. The Labute approximate surface area is 166 Å². The molecule has 1 atom stereocenters. The number of hydrogen-bond donors (Lipinski definition) is 2. The third kappa shape index (κ3) is 3.64. The van der Waals surface area contributed by atoms with Crippen LogP contribution in [0.5, 0.6) is 0 Å². The number of nitrogens with one attached hydrogen (secondary N) is 1. The smallest absolute Gasteiger partial charge is 0.326 e. The van der Waals surface area contributed by atoms with Crippen LogP contribution >= 0.6 is 11.3 Å². The monoisotopic (exact) mass is 398 g/mol. The van der Waals surface area contributed by atoms with Gasteiger partial charge in [0.25, 0.3) is 5.91 Å². The minimum absolute atomic E-state index is 0.0844. The molecule has 1 amide bonds. The molecule has 0 aliphatic heterocycles. The number of rotatable bonds is 7. The van der Waals surface area contributed by atoms with E-state index in [4.69, 9.17) is 4.98 Å². The number of pyridine rings is 1. The normalized spacial score (nSPS) is 15.1. The molecule has 3 heterocycles. The lowest BCUT2D eigenvalue weighted by molar-refractivity contribution is -0.139. The Bertz CT molecular complexity index is 1020. The summed E-state index contributed by atoms with van der Waals surface area (Å²) < 4.78 is 1.78. The number of thiophene rings is 1. The molecule has 3 aromatic heterocycles. The van der Waals surface area contributed by atoms with Gasteiger partial charge >= 0.3 is 5.97 Å². The van der Waals surface area contributed by atoms with Gasteiger partial charge in [0.2, 0.25) is 0 Å². The molecule has 4 rings (SSSR count). The van der Waals surface area contributed by atoms with E-state index in [1.165, 1.54) is 11.3 Å². The van der Waals surface area contributed by atoms with Gasteiger partial charge in [0, 0.05) is 6.04 Å². The van der Waals surface area contributed by atoms with Crippen LogP contribution in [0, 0.1) is 5.92 Å². The van der Waals surface area contributed by atoms with Crippen LogP contribution in [-0.2, 0) is 4.79 Å². The van der Waals surface area contributed by atoms with E-state index in [0.29, 0.717) is 34.6 Å². The van der Waals surface area contributed by atoms with Gasteiger partial charge in [-0.3, -0.25) is 4.79 Å². The molecule has 0 saturated heterocycles. The second-order valence-corrected chi connectivity index (χ2v) is 8.44. The van der Waals surface area contributed by atoms with E-state index in [1.807, 2.05) is 31.4 Å². The Morgan fingerprint density at radius 2 is 2.18 bits per heavy atom. The van der Waals surface area contributed by atoms with Crippen molar-refractivity contribution in [1.82, 2.24) is 20.1 Å². The molecule has 0 radical (unpaired) electrons. The standard InChI is InChI=1S/C20H22N4O3S/c1-11(2)24-18-14(10-21-24)13(9-15(22-18)17-4-3-7-28-17)19(25)23-16(20(26)27)8-12-5-6-12/h3-4,7,9-12,16H,5-6,8H2,1-2H3,(H,23,25)(H,26,27). The van der Waals surface area contributed by atoms with Crippen molar-refractivity contribution in [1.29, 1.82) is 0 Å². The van der Waals surface area contributed by atoms with Gasteiger partial charge < -0.3 is 10.4 Å². The van der Waals surface area contributed by atoms with E-state index < -0.39 is 17.9 Å². The highest BCUT2D eigenvalue weighted by molar-refractivity contribution is 7.13. The number of carbonyl (C=O) groups excluding carboxylic acids is 1. The van der Waals surface area contributed by atoms with Crippen LogP contribution in [0.2, 0.25) is 0 Å². The number of aromatic nitrogens is 3. The number of fused-ring (bicyclic) bond motifs is 1. The first-order chi connectivity index (χ1) is 13.4. The van der Waals surface area contributed by atoms with E-state index in [0.717, 1.165) is 17.7 Å². The minimum Gasteiger partial charge on any atom is -0.480 e. The Kier molecular flexibility index (Phi) is 4.89. The molecular weight excluding hydrogens is 376 g/mol. The second-order valence-electron chi connectivity index (χ2n) is 7.50. The molecule has 1 fully saturated rings.